The minimum absolute atomic E-state index is 0.0992. The van der Waals surface area contributed by atoms with Crippen LogP contribution in [-0.4, -0.2) is 38.0 Å². The van der Waals surface area contributed by atoms with Crippen molar-refractivity contribution >= 4 is 15.9 Å². The normalized spacial score (nSPS) is 11.6. The Labute approximate surface area is 133 Å². The predicted molar refractivity (Wildman–Crippen MR) is 88.8 cm³/mol. The van der Waals surface area contributed by atoms with Crippen LogP contribution in [0.25, 0.3) is 0 Å². The molecule has 0 radical (unpaired) electrons. The number of rotatable bonds is 10. The van der Waals surface area contributed by atoms with Gasteiger partial charge in [0.2, 0.25) is 15.9 Å². The molecular formula is C16H26N2O3S. The number of unbranched alkanes of at least 4 members (excludes halogenated alkanes) is 2. The summed E-state index contributed by atoms with van der Waals surface area (Å²) in [6.45, 7) is 3.26. The molecule has 1 amide bonds. The third kappa shape index (κ3) is 7.56. The van der Waals surface area contributed by atoms with Crippen LogP contribution in [0.3, 0.4) is 0 Å². The molecule has 22 heavy (non-hydrogen) atoms. The topological polar surface area (TPSA) is 66.5 Å². The maximum absolute atomic E-state index is 11.8. The van der Waals surface area contributed by atoms with Crippen molar-refractivity contribution in [2.45, 2.75) is 39.2 Å². The number of nitrogens with one attached hydrogen (secondary N) is 1. The summed E-state index contributed by atoms with van der Waals surface area (Å²) in [5.74, 6) is -0.0992. The van der Waals surface area contributed by atoms with Crippen molar-refractivity contribution in [1.29, 1.82) is 0 Å². The summed E-state index contributed by atoms with van der Waals surface area (Å²) in [4.78, 5) is 11.8. The highest BCUT2D eigenvalue weighted by Gasteiger charge is 2.18. The number of hydrogen-bond acceptors (Lipinski definition) is 3. The van der Waals surface area contributed by atoms with Crippen molar-refractivity contribution in [3.63, 3.8) is 0 Å². The number of sulfonamides is 1. The Morgan fingerprint density at radius 3 is 2.45 bits per heavy atom. The van der Waals surface area contributed by atoms with E-state index in [2.05, 4.69) is 12.2 Å². The second-order valence-corrected chi connectivity index (χ2v) is 7.37. The van der Waals surface area contributed by atoms with E-state index in [0.29, 0.717) is 13.1 Å². The number of hydrogen-bond donors (Lipinski definition) is 1. The molecule has 5 nitrogen and oxygen atoms in total. The molecule has 6 heteroatoms. The molecular weight excluding hydrogens is 300 g/mol. The quantitative estimate of drug-likeness (QED) is 0.670. The standard InChI is InChI=1S/C16H26N2O3S/c1-3-4-8-12-17-16(19)11-13-18(22(2,20)21)14-15-9-6-5-7-10-15/h5-7,9-10H,3-4,8,11-14H2,1-2H3,(H,17,19). The summed E-state index contributed by atoms with van der Waals surface area (Å²) in [7, 11) is -3.33. The van der Waals surface area contributed by atoms with E-state index in [-0.39, 0.29) is 18.9 Å². The van der Waals surface area contributed by atoms with Crippen molar-refractivity contribution in [1.82, 2.24) is 9.62 Å². The van der Waals surface area contributed by atoms with Gasteiger partial charge in [-0.15, -0.1) is 0 Å². The van der Waals surface area contributed by atoms with Gasteiger partial charge in [0.05, 0.1) is 6.26 Å². The minimum atomic E-state index is -3.33. The van der Waals surface area contributed by atoms with Gasteiger partial charge in [0.15, 0.2) is 0 Å². The fourth-order valence-electron chi connectivity index (χ4n) is 2.07. The first-order valence-corrected chi connectivity index (χ1v) is 9.54. The molecule has 0 atom stereocenters. The average molecular weight is 326 g/mol. The monoisotopic (exact) mass is 326 g/mol. The molecule has 1 aromatic rings. The summed E-state index contributed by atoms with van der Waals surface area (Å²) < 4.78 is 25.0. The van der Waals surface area contributed by atoms with Crippen molar-refractivity contribution in [2.24, 2.45) is 0 Å². The number of nitrogens with zero attached hydrogens (tertiary/aromatic N) is 1. The number of carbonyl (C=O) groups is 1. The molecule has 124 valence electrons. The molecule has 0 aliphatic rings. The van der Waals surface area contributed by atoms with Crippen LogP contribution in [0.4, 0.5) is 0 Å². The molecule has 0 saturated carbocycles. The largest absolute Gasteiger partial charge is 0.356 e. The van der Waals surface area contributed by atoms with Crippen LogP contribution < -0.4 is 5.32 Å². The summed E-state index contributed by atoms with van der Waals surface area (Å²) in [5.41, 5.74) is 0.913. The van der Waals surface area contributed by atoms with Gasteiger partial charge >= 0.3 is 0 Å². The first-order chi connectivity index (χ1) is 10.4. The van der Waals surface area contributed by atoms with Gasteiger partial charge < -0.3 is 5.32 Å². The van der Waals surface area contributed by atoms with Crippen molar-refractivity contribution < 1.29 is 13.2 Å². The highest BCUT2D eigenvalue weighted by molar-refractivity contribution is 7.88. The molecule has 0 spiro atoms. The van der Waals surface area contributed by atoms with E-state index in [0.717, 1.165) is 24.8 Å². The van der Waals surface area contributed by atoms with Crippen molar-refractivity contribution in [3.8, 4) is 0 Å². The second kappa shape index (κ2) is 9.58. The van der Waals surface area contributed by atoms with Gasteiger partial charge in [0, 0.05) is 26.1 Å². The fraction of sp³-hybridized carbons (Fsp3) is 0.562. The third-order valence-corrected chi connectivity index (χ3v) is 4.61. The van der Waals surface area contributed by atoms with Crippen LogP contribution in [-0.2, 0) is 21.4 Å². The third-order valence-electron chi connectivity index (χ3n) is 3.36. The van der Waals surface area contributed by atoms with Crippen molar-refractivity contribution in [3.05, 3.63) is 35.9 Å². The highest BCUT2D eigenvalue weighted by atomic mass is 32.2. The fourth-order valence-corrected chi connectivity index (χ4v) is 2.87. The van der Waals surface area contributed by atoms with Gasteiger partial charge in [-0.05, 0) is 12.0 Å². The Bertz CT molecular complexity index is 544. The first-order valence-electron chi connectivity index (χ1n) is 7.69. The molecule has 0 heterocycles. The average Bonchev–Trinajstić information content (AvgIpc) is 2.48. The summed E-state index contributed by atoms with van der Waals surface area (Å²) in [6.07, 6.45) is 4.52. The molecule has 0 aromatic heterocycles. The Kier molecular flexibility index (Phi) is 8.12. The molecule has 0 unspecified atom stereocenters. The van der Waals surface area contributed by atoms with Gasteiger partial charge in [0.1, 0.15) is 0 Å². The van der Waals surface area contributed by atoms with E-state index in [4.69, 9.17) is 0 Å². The lowest BCUT2D eigenvalue weighted by Crippen LogP contribution is -2.34. The maximum Gasteiger partial charge on any atom is 0.221 e. The zero-order valence-electron chi connectivity index (χ0n) is 13.4. The van der Waals surface area contributed by atoms with Crippen molar-refractivity contribution in [2.75, 3.05) is 19.3 Å². The van der Waals surface area contributed by atoms with Crippen LogP contribution in [0.2, 0.25) is 0 Å². The van der Waals surface area contributed by atoms with E-state index >= 15 is 0 Å². The number of benzene rings is 1. The zero-order chi connectivity index (χ0) is 16.4. The number of carbonyl (C=O) groups excluding carboxylic acids is 1. The Hall–Kier alpha value is -1.40. The predicted octanol–water partition coefficient (Wildman–Crippen LogP) is 2.14. The zero-order valence-corrected chi connectivity index (χ0v) is 14.2. The van der Waals surface area contributed by atoms with Gasteiger partial charge in [-0.2, -0.15) is 4.31 Å². The van der Waals surface area contributed by atoms with Crippen LogP contribution in [0.15, 0.2) is 30.3 Å². The Balaban J connectivity index is 2.48. The molecule has 1 aromatic carbocycles. The molecule has 0 aliphatic heterocycles. The first kappa shape index (κ1) is 18.6. The highest BCUT2D eigenvalue weighted by Crippen LogP contribution is 2.09. The molecule has 1 rings (SSSR count). The van der Waals surface area contributed by atoms with E-state index in [1.807, 2.05) is 30.3 Å². The summed E-state index contributed by atoms with van der Waals surface area (Å²) >= 11 is 0. The second-order valence-electron chi connectivity index (χ2n) is 5.39. The van der Waals surface area contributed by atoms with Crippen LogP contribution >= 0.6 is 0 Å². The lowest BCUT2D eigenvalue weighted by molar-refractivity contribution is -0.121. The Morgan fingerprint density at radius 1 is 1.18 bits per heavy atom. The van der Waals surface area contributed by atoms with E-state index in [1.54, 1.807) is 0 Å². The summed E-state index contributed by atoms with van der Waals surface area (Å²) in [6, 6.07) is 9.39. The molecule has 0 saturated heterocycles. The molecule has 0 fully saturated rings. The van der Waals surface area contributed by atoms with Crippen LogP contribution in [0.1, 0.15) is 38.2 Å². The van der Waals surface area contributed by atoms with Crippen LogP contribution in [0.5, 0.6) is 0 Å². The van der Waals surface area contributed by atoms with E-state index in [1.165, 1.54) is 10.6 Å². The van der Waals surface area contributed by atoms with E-state index < -0.39 is 10.0 Å². The smallest absolute Gasteiger partial charge is 0.221 e. The maximum atomic E-state index is 11.8. The number of amides is 1. The van der Waals surface area contributed by atoms with Gasteiger partial charge in [-0.3, -0.25) is 4.79 Å². The summed E-state index contributed by atoms with van der Waals surface area (Å²) in [5, 5.41) is 2.83. The molecule has 0 aliphatic carbocycles. The lowest BCUT2D eigenvalue weighted by Gasteiger charge is -2.19. The SMILES string of the molecule is CCCCCNC(=O)CCN(Cc1ccccc1)S(C)(=O)=O. The van der Waals surface area contributed by atoms with Crippen LogP contribution in [0, 0.1) is 0 Å². The van der Waals surface area contributed by atoms with Gasteiger partial charge in [-0.25, -0.2) is 8.42 Å². The molecule has 0 bridgehead atoms. The molecule has 1 N–H and O–H groups in total. The van der Waals surface area contributed by atoms with E-state index in [9.17, 15) is 13.2 Å². The van der Waals surface area contributed by atoms with Gasteiger partial charge in [-0.1, -0.05) is 50.1 Å². The Morgan fingerprint density at radius 2 is 1.86 bits per heavy atom. The van der Waals surface area contributed by atoms with Gasteiger partial charge in [0.25, 0.3) is 0 Å². The minimum Gasteiger partial charge on any atom is -0.356 e. The lowest BCUT2D eigenvalue weighted by atomic mass is 10.2.